The van der Waals surface area contributed by atoms with Gasteiger partial charge in [-0.3, -0.25) is 9.36 Å². The van der Waals surface area contributed by atoms with Crippen molar-refractivity contribution in [3.05, 3.63) is 36.5 Å². The first kappa shape index (κ1) is 49.7. The first-order valence-electron chi connectivity index (χ1n) is 20.7. The van der Waals surface area contributed by atoms with Crippen LogP contribution in [0.15, 0.2) is 36.5 Å². The van der Waals surface area contributed by atoms with Gasteiger partial charge >= 0.3 is 5.97 Å². The van der Waals surface area contributed by atoms with Gasteiger partial charge < -0.3 is 27.9 Å². The summed E-state index contributed by atoms with van der Waals surface area (Å²) in [6, 6.07) is 0. The van der Waals surface area contributed by atoms with E-state index >= 15 is 0 Å². The van der Waals surface area contributed by atoms with Crippen molar-refractivity contribution in [3.63, 3.8) is 0 Å². The molecule has 0 spiro atoms. The molecule has 1 unspecified atom stereocenters. The Labute approximate surface area is 315 Å². The second kappa shape index (κ2) is 35.7. The number of ether oxygens (including phenoxy) is 2. The zero-order valence-electron chi connectivity index (χ0n) is 33.8. The van der Waals surface area contributed by atoms with Gasteiger partial charge in [0, 0.05) is 13.0 Å². The van der Waals surface area contributed by atoms with Crippen molar-refractivity contribution in [2.45, 2.75) is 174 Å². The van der Waals surface area contributed by atoms with Crippen LogP contribution in [-0.2, 0) is 27.9 Å². The lowest BCUT2D eigenvalue weighted by Crippen LogP contribution is -2.37. The van der Waals surface area contributed by atoms with Gasteiger partial charge in [0.05, 0.1) is 34.4 Å². The number of carbonyl (C=O) groups excluding carboxylic acids is 1. The monoisotopic (exact) mass is 742 g/mol. The second-order valence-corrected chi connectivity index (χ2v) is 16.4. The number of carbonyl (C=O) groups is 1. The van der Waals surface area contributed by atoms with Crippen LogP contribution in [0.2, 0.25) is 0 Å². The predicted octanol–water partition coefficient (Wildman–Crippen LogP) is 11.2. The molecule has 2 atom stereocenters. The molecule has 0 rings (SSSR count). The van der Waals surface area contributed by atoms with E-state index in [9.17, 15) is 14.3 Å². The van der Waals surface area contributed by atoms with Gasteiger partial charge in [-0.25, -0.2) is 0 Å². The van der Waals surface area contributed by atoms with Gasteiger partial charge in [0.2, 0.25) is 0 Å². The Balaban J connectivity index is 4.31. The molecular formula is C42H80NO7P. The normalized spacial score (nSPS) is 14.2. The smallest absolute Gasteiger partial charge is 0.306 e. The summed E-state index contributed by atoms with van der Waals surface area (Å²) in [5.74, 6) is -0.351. The highest BCUT2D eigenvalue weighted by molar-refractivity contribution is 7.45. The van der Waals surface area contributed by atoms with Gasteiger partial charge in [0.25, 0.3) is 7.82 Å². The van der Waals surface area contributed by atoms with Crippen LogP contribution in [0.1, 0.15) is 168 Å². The number of unbranched alkanes of at least 4 members (excludes halogenated alkanes) is 18. The highest BCUT2D eigenvalue weighted by atomic mass is 31.2. The van der Waals surface area contributed by atoms with Crippen LogP contribution >= 0.6 is 7.82 Å². The quantitative estimate of drug-likeness (QED) is 0.0204. The molecule has 51 heavy (non-hydrogen) atoms. The van der Waals surface area contributed by atoms with Gasteiger partial charge in [-0.05, 0) is 70.6 Å². The molecule has 0 saturated carbocycles. The Morgan fingerprint density at radius 1 is 0.608 bits per heavy atom. The maximum absolute atomic E-state index is 12.6. The molecule has 0 aromatic carbocycles. The fraction of sp³-hybridized carbons (Fsp3) is 0.833. The number of phosphoric acid groups is 1. The van der Waals surface area contributed by atoms with Crippen LogP contribution in [0.5, 0.6) is 0 Å². The third-order valence-electron chi connectivity index (χ3n) is 8.66. The Kier molecular flexibility index (Phi) is 34.8. The molecule has 0 aliphatic carbocycles. The highest BCUT2D eigenvalue weighted by Gasteiger charge is 2.20. The number of hydrogen-bond donors (Lipinski definition) is 0. The van der Waals surface area contributed by atoms with E-state index in [2.05, 4.69) is 50.3 Å². The zero-order valence-corrected chi connectivity index (χ0v) is 34.7. The standard InChI is InChI=1S/C42H80NO7P/c1-6-8-10-12-14-16-18-20-22-23-25-27-29-31-33-35-42(44)50-41(40-49-51(45,46)48-38-36-43(3,4)5)39-47-37-34-32-30-28-26-24-21-19-17-15-13-11-9-7-2/h14,16-17,19-20,22,41H,6-13,15,18,21,23-40H2,1-5H3/b16-14-,19-17-,22-20-/t41-/m1/s1. The number of esters is 1. The van der Waals surface area contributed by atoms with Gasteiger partial charge in [-0.2, -0.15) is 0 Å². The minimum atomic E-state index is -4.52. The third kappa shape index (κ3) is 39.8. The zero-order chi connectivity index (χ0) is 37.7. The Hall–Kier alpha value is -1.28. The molecule has 0 heterocycles. The lowest BCUT2D eigenvalue weighted by Gasteiger charge is -2.28. The van der Waals surface area contributed by atoms with E-state index in [1.165, 1.54) is 89.9 Å². The minimum Gasteiger partial charge on any atom is -0.756 e. The SMILES string of the molecule is CCCCC/C=C\C/C=C\CCCCCCCC(=O)O[C@H](COCCCCCCCC/C=C\CCCCCC)COP(=O)([O-])OCC[N+](C)(C)C. The second-order valence-electron chi connectivity index (χ2n) is 15.0. The molecule has 0 fully saturated rings. The molecule has 9 heteroatoms. The molecule has 0 aromatic rings. The number of rotatable bonds is 38. The molecule has 8 nitrogen and oxygen atoms in total. The topological polar surface area (TPSA) is 94.1 Å². The number of phosphoric ester groups is 1. The summed E-state index contributed by atoms with van der Waals surface area (Å²) < 4.78 is 34.5. The van der Waals surface area contributed by atoms with Crippen molar-refractivity contribution in [2.24, 2.45) is 0 Å². The molecule has 0 aromatic heterocycles. The summed E-state index contributed by atoms with van der Waals surface area (Å²) in [5, 5.41) is 0. The molecule has 300 valence electrons. The third-order valence-corrected chi connectivity index (χ3v) is 9.63. The largest absolute Gasteiger partial charge is 0.756 e. The van der Waals surface area contributed by atoms with E-state index in [0.717, 1.165) is 57.8 Å². The van der Waals surface area contributed by atoms with Crippen LogP contribution in [0.3, 0.4) is 0 Å². The summed E-state index contributed by atoms with van der Waals surface area (Å²) in [6.07, 6.45) is 40.0. The van der Waals surface area contributed by atoms with Crippen LogP contribution in [0.25, 0.3) is 0 Å². The Morgan fingerprint density at radius 3 is 1.65 bits per heavy atom. The van der Waals surface area contributed by atoms with E-state index in [1.807, 2.05) is 21.1 Å². The average Bonchev–Trinajstić information content (AvgIpc) is 3.08. The summed E-state index contributed by atoms with van der Waals surface area (Å²) in [4.78, 5) is 25.0. The van der Waals surface area contributed by atoms with Gasteiger partial charge in [-0.1, -0.05) is 127 Å². The van der Waals surface area contributed by atoms with Crippen molar-refractivity contribution in [1.82, 2.24) is 0 Å². The summed E-state index contributed by atoms with van der Waals surface area (Å²) in [6.45, 7) is 5.33. The van der Waals surface area contributed by atoms with Crippen molar-refractivity contribution >= 4 is 13.8 Å². The van der Waals surface area contributed by atoms with Crippen LogP contribution in [-0.4, -0.2) is 70.7 Å². The molecule has 0 N–H and O–H groups in total. The minimum absolute atomic E-state index is 0.0217. The first-order chi connectivity index (χ1) is 24.6. The molecule has 0 aliphatic rings. The van der Waals surface area contributed by atoms with Gasteiger partial charge in [-0.15, -0.1) is 0 Å². The van der Waals surface area contributed by atoms with Crippen molar-refractivity contribution in [1.29, 1.82) is 0 Å². The highest BCUT2D eigenvalue weighted by Crippen LogP contribution is 2.38. The molecule has 0 bridgehead atoms. The van der Waals surface area contributed by atoms with E-state index in [0.29, 0.717) is 24.1 Å². The maximum Gasteiger partial charge on any atom is 0.306 e. The fourth-order valence-electron chi connectivity index (χ4n) is 5.39. The number of allylic oxidation sites excluding steroid dienone is 6. The van der Waals surface area contributed by atoms with Gasteiger partial charge in [0.15, 0.2) is 0 Å². The molecule has 0 amide bonds. The lowest BCUT2D eigenvalue weighted by molar-refractivity contribution is -0.870. The van der Waals surface area contributed by atoms with E-state index in [-0.39, 0.29) is 25.8 Å². The van der Waals surface area contributed by atoms with E-state index in [1.54, 1.807) is 0 Å². The molecule has 0 radical (unpaired) electrons. The van der Waals surface area contributed by atoms with Gasteiger partial charge in [0.1, 0.15) is 19.3 Å². The predicted molar refractivity (Wildman–Crippen MR) is 213 cm³/mol. The Bertz CT molecular complexity index is 915. The van der Waals surface area contributed by atoms with Crippen LogP contribution in [0, 0.1) is 0 Å². The van der Waals surface area contributed by atoms with Crippen molar-refractivity contribution < 1.29 is 37.3 Å². The van der Waals surface area contributed by atoms with E-state index in [4.69, 9.17) is 18.5 Å². The number of hydrogen-bond acceptors (Lipinski definition) is 7. The summed E-state index contributed by atoms with van der Waals surface area (Å²) in [7, 11) is 1.34. The summed E-state index contributed by atoms with van der Waals surface area (Å²) in [5.41, 5.74) is 0. The fourth-order valence-corrected chi connectivity index (χ4v) is 6.12. The lowest BCUT2D eigenvalue weighted by atomic mass is 10.1. The first-order valence-corrected chi connectivity index (χ1v) is 22.2. The number of likely N-dealkylation sites (N-methyl/N-ethyl adjacent to an activating group) is 1. The molecular weight excluding hydrogens is 661 g/mol. The number of nitrogens with zero attached hydrogens (tertiary/aromatic N) is 1. The molecule has 0 saturated heterocycles. The average molecular weight is 742 g/mol. The van der Waals surface area contributed by atoms with Crippen molar-refractivity contribution in [3.8, 4) is 0 Å². The van der Waals surface area contributed by atoms with Crippen LogP contribution in [0.4, 0.5) is 0 Å². The van der Waals surface area contributed by atoms with Crippen molar-refractivity contribution in [2.75, 3.05) is 54.1 Å². The summed E-state index contributed by atoms with van der Waals surface area (Å²) >= 11 is 0. The van der Waals surface area contributed by atoms with Crippen LogP contribution < -0.4 is 4.89 Å². The Morgan fingerprint density at radius 2 is 1.08 bits per heavy atom. The molecule has 0 aliphatic heterocycles. The maximum atomic E-state index is 12.6. The van der Waals surface area contributed by atoms with E-state index < -0.39 is 13.9 Å². The number of quaternary nitrogens is 1.